The number of aliphatic hydroxyl groups excluding tert-OH is 1. The van der Waals surface area contributed by atoms with Crippen LogP contribution in [0.15, 0.2) is 45.6 Å². The third-order valence-electron chi connectivity index (χ3n) is 5.41. The van der Waals surface area contributed by atoms with E-state index >= 15 is 0 Å². The Morgan fingerprint density at radius 1 is 1.34 bits per heavy atom. The Morgan fingerprint density at radius 2 is 2.06 bits per heavy atom. The van der Waals surface area contributed by atoms with Gasteiger partial charge in [-0.25, -0.2) is 4.57 Å². The fourth-order valence-corrected chi connectivity index (χ4v) is 4.63. The number of rotatable bonds is 4. The van der Waals surface area contributed by atoms with Crippen LogP contribution in [0.25, 0.3) is 22.3 Å². The molecule has 3 aromatic rings. The number of hydrogen-bond acceptors (Lipinski definition) is 7. The van der Waals surface area contributed by atoms with Crippen molar-refractivity contribution in [3.63, 3.8) is 0 Å². The van der Waals surface area contributed by atoms with E-state index in [1.54, 1.807) is 24.3 Å². The summed E-state index contributed by atoms with van der Waals surface area (Å²) in [6.45, 7) is 0.790. The number of phosphoric acid groups is 1. The molecule has 2 aromatic carbocycles. The van der Waals surface area contributed by atoms with E-state index in [4.69, 9.17) is 21.9 Å². The molecule has 1 aliphatic heterocycles. The number of aromatic hydroxyl groups is 1. The van der Waals surface area contributed by atoms with Gasteiger partial charge < -0.3 is 24.1 Å². The van der Waals surface area contributed by atoms with Crippen molar-refractivity contribution in [2.75, 3.05) is 20.1 Å². The second-order valence-corrected chi connectivity index (χ2v) is 9.25. The SMILES string of the molecule is [2H]c1c(-c2ccccc2Cl)oc2c(C3CCN(C)CC3O)c(OP(=O)(O)O)cc(O)c2c1=O. The van der Waals surface area contributed by atoms with E-state index in [-0.39, 0.29) is 39.4 Å². The zero-order valence-electron chi connectivity index (χ0n) is 17.9. The molecule has 2 unspecified atom stereocenters. The van der Waals surface area contributed by atoms with Gasteiger partial charge in [0.1, 0.15) is 28.2 Å². The quantitative estimate of drug-likeness (QED) is 0.413. The molecule has 9 nitrogen and oxygen atoms in total. The highest BCUT2D eigenvalue weighted by molar-refractivity contribution is 7.46. The molecule has 1 saturated heterocycles. The molecule has 0 spiro atoms. The summed E-state index contributed by atoms with van der Waals surface area (Å²) in [5.41, 5.74) is -0.825. The molecule has 0 amide bonds. The zero-order valence-corrected chi connectivity index (χ0v) is 18.5. The van der Waals surface area contributed by atoms with Gasteiger partial charge in [0, 0.05) is 35.7 Å². The van der Waals surface area contributed by atoms with E-state index in [0.717, 1.165) is 6.07 Å². The van der Waals surface area contributed by atoms with Gasteiger partial charge in [-0.1, -0.05) is 23.7 Å². The fourth-order valence-electron chi connectivity index (χ4n) is 4.00. The van der Waals surface area contributed by atoms with Gasteiger partial charge >= 0.3 is 7.82 Å². The van der Waals surface area contributed by atoms with Crippen molar-refractivity contribution in [1.82, 2.24) is 4.90 Å². The second kappa shape index (κ2) is 8.51. The highest BCUT2D eigenvalue weighted by atomic mass is 35.5. The molecular formula is C21H21ClNO8P. The van der Waals surface area contributed by atoms with Crippen LogP contribution in [0.4, 0.5) is 0 Å². The lowest BCUT2D eigenvalue weighted by atomic mass is 9.85. The van der Waals surface area contributed by atoms with Crippen molar-refractivity contribution in [3.8, 4) is 22.8 Å². The molecule has 0 saturated carbocycles. The molecule has 4 N–H and O–H groups in total. The van der Waals surface area contributed by atoms with Crippen LogP contribution in [0.2, 0.25) is 5.02 Å². The molecule has 32 heavy (non-hydrogen) atoms. The molecule has 1 aromatic heterocycles. The Balaban J connectivity index is 2.10. The van der Waals surface area contributed by atoms with Gasteiger partial charge in [-0.2, -0.15) is 0 Å². The monoisotopic (exact) mass is 482 g/mol. The first-order valence-electron chi connectivity index (χ1n) is 10.2. The molecule has 0 aliphatic carbocycles. The number of nitrogens with zero attached hydrogens (tertiary/aromatic N) is 1. The maximum absolute atomic E-state index is 13.1. The molecular weight excluding hydrogens is 461 g/mol. The third-order valence-corrected chi connectivity index (χ3v) is 6.18. The minimum Gasteiger partial charge on any atom is -0.507 e. The number of piperidine rings is 1. The first kappa shape index (κ1) is 21.5. The summed E-state index contributed by atoms with van der Waals surface area (Å²) < 4.78 is 30.7. The summed E-state index contributed by atoms with van der Waals surface area (Å²) in [5.74, 6) is -2.01. The molecule has 4 rings (SSSR count). The number of likely N-dealkylation sites (N-methyl/N-ethyl adjacent to an activating group) is 1. The minimum absolute atomic E-state index is 0.0251. The lowest BCUT2D eigenvalue weighted by molar-refractivity contribution is 0.0632. The summed E-state index contributed by atoms with van der Waals surface area (Å²) in [6, 6.07) is 6.73. The number of phenolic OH excluding ortho intramolecular Hbond substituents is 1. The van der Waals surface area contributed by atoms with Crippen molar-refractivity contribution in [2.45, 2.75) is 18.4 Å². The average Bonchev–Trinajstić information content (AvgIpc) is 2.71. The normalized spacial score (nSPS) is 20.3. The number of aliphatic hydroxyl groups is 1. The van der Waals surface area contributed by atoms with Crippen molar-refractivity contribution < 1.29 is 34.9 Å². The topological polar surface area (TPSA) is 141 Å². The van der Waals surface area contributed by atoms with Crippen molar-refractivity contribution in [2.24, 2.45) is 0 Å². The van der Waals surface area contributed by atoms with Gasteiger partial charge in [-0.15, -0.1) is 0 Å². The van der Waals surface area contributed by atoms with Crippen molar-refractivity contribution in [1.29, 1.82) is 0 Å². The molecule has 0 radical (unpaired) electrons. The molecule has 2 atom stereocenters. The number of hydrogen-bond donors (Lipinski definition) is 4. The van der Waals surface area contributed by atoms with Crippen molar-refractivity contribution in [3.05, 3.63) is 57.2 Å². The Morgan fingerprint density at radius 3 is 2.72 bits per heavy atom. The number of fused-ring (bicyclic) bond motifs is 1. The highest BCUT2D eigenvalue weighted by Crippen LogP contribution is 2.48. The van der Waals surface area contributed by atoms with Crippen LogP contribution < -0.4 is 9.95 Å². The number of likely N-dealkylation sites (tertiary alicyclic amines) is 1. The van der Waals surface area contributed by atoms with Gasteiger partial charge in [0.05, 0.1) is 12.5 Å². The fraction of sp³-hybridized carbons (Fsp3) is 0.286. The number of halogens is 1. The van der Waals surface area contributed by atoms with Gasteiger partial charge in [-0.05, 0) is 32.1 Å². The summed E-state index contributed by atoms with van der Waals surface area (Å²) in [4.78, 5) is 33.8. The van der Waals surface area contributed by atoms with Gasteiger partial charge in [-0.3, -0.25) is 14.6 Å². The first-order chi connectivity index (χ1) is 15.5. The summed E-state index contributed by atoms with van der Waals surface area (Å²) >= 11 is 6.24. The first-order valence-corrected chi connectivity index (χ1v) is 11.6. The van der Waals surface area contributed by atoms with Crippen LogP contribution in [0, 0.1) is 0 Å². The Labute approximate surface area is 189 Å². The lowest BCUT2D eigenvalue weighted by Crippen LogP contribution is -2.40. The number of benzene rings is 2. The smallest absolute Gasteiger partial charge is 0.507 e. The summed E-state index contributed by atoms with van der Waals surface area (Å²) in [5, 5.41) is 21.2. The lowest BCUT2D eigenvalue weighted by Gasteiger charge is -2.34. The van der Waals surface area contributed by atoms with Crippen LogP contribution in [0.5, 0.6) is 11.5 Å². The van der Waals surface area contributed by atoms with Crippen LogP contribution >= 0.6 is 19.4 Å². The predicted octanol–water partition coefficient (Wildman–Crippen LogP) is 3.07. The second-order valence-electron chi connectivity index (χ2n) is 7.68. The molecule has 2 heterocycles. The highest BCUT2D eigenvalue weighted by Gasteiger charge is 2.35. The Kier molecular flexibility index (Phi) is 5.71. The third kappa shape index (κ3) is 4.41. The zero-order chi connectivity index (χ0) is 24.1. The number of phosphoric ester groups is 1. The number of β-amino-alcohol motifs (C(OH)–C–C–N with tert-alkyl or cyclic N) is 1. The minimum atomic E-state index is -5.08. The Hall–Kier alpha value is -2.39. The molecule has 0 bridgehead atoms. The predicted molar refractivity (Wildman–Crippen MR) is 118 cm³/mol. The van der Waals surface area contributed by atoms with E-state index in [1.165, 1.54) is 0 Å². The van der Waals surface area contributed by atoms with E-state index in [1.807, 2.05) is 11.9 Å². The van der Waals surface area contributed by atoms with E-state index in [0.29, 0.717) is 13.0 Å². The van der Waals surface area contributed by atoms with Crippen molar-refractivity contribution >= 4 is 30.4 Å². The van der Waals surface area contributed by atoms with Crippen LogP contribution in [-0.4, -0.2) is 51.1 Å². The standard InChI is InChI=1S/C21H21ClNO8P/c1-23-7-6-12(16(26)10-23)19-18(31-32(27,28)29)9-15(25)20-14(24)8-17(30-21(19)20)11-4-2-3-5-13(11)22/h2-5,8-9,12,16,25-26H,6-7,10H2,1H3,(H2,27,28,29)/i8D. The van der Waals surface area contributed by atoms with Crippen LogP contribution in [0.1, 0.15) is 19.3 Å². The van der Waals surface area contributed by atoms with Gasteiger partial charge in [0.25, 0.3) is 0 Å². The van der Waals surface area contributed by atoms with E-state index in [9.17, 15) is 29.4 Å². The molecule has 170 valence electrons. The van der Waals surface area contributed by atoms with Gasteiger partial charge in [0.15, 0.2) is 5.43 Å². The molecule has 1 fully saturated rings. The number of phenols is 1. The average molecular weight is 483 g/mol. The summed E-state index contributed by atoms with van der Waals surface area (Å²) in [6.07, 6.45) is -0.636. The Bertz CT molecular complexity index is 1340. The van der Waals surface area contributed by atoms with Gasteiger partial charge in [0.2, 0.25) is 0 Å². The van der Waals surface area contributed by atoms with E-state index in [2.05, 4.69) is 0 Å². The van der Waals surface area contributed by atoms with Crippen LogP contribution in [0.3, 0.4) is 0 Å². The maximum Gasteiger partial charge on any atom is 0.524 e. The summed E-state index contributed by atoms with van der Waals surface area (Å²) in [7, 11) is -3.27. The van der Waals surface area contributed by atoms with Crippen LogP contribution in [-0.2, 0) is 4.57 Å². The maximum atomic E-state index is 13.1. The molecule has 11 heteroatoms. The largest absolute Gasteiger partial charge is 0.524 e. The van der Waals surface area contributed by atoms with E-state index < -0.39 is 42.8 Å². The molecule has 1 aliphatic rings.